The van der Waals surface area contributed by atoms with Crippen molar-refractivity contribution in [1.29, 1.82) is 5.26 Å². The molecule has 0 N–H and O–H groups in total. The average Bonchev–Trinajstić information content (AvgIpc) is 2.35. The number of benzene rings is 1. The topological polar surface area (TPSA) is 42.2 Å². The summed E-state index contributed by atoms with van der Waals surface area (Å²) >= 11 is 0. The third kappa shape index (κ3) is 2.19. The molecule has 3 rings (SSSR count). The van der Waals surface area contributed by atoms with Crippen molar-refractivity contribution in [3.8, 4) is 11.8 Å². The summed E-state index contributed by atoms with van der Waals surface area (Å²) in [7, 11) is 0. The second-order valence-electron chi connectivity index (χ2n) is 6.77. The molecule has 3 nitrogen and oxygen atoms in total. The Hall–Kier alpha value is -1.53. The summed E-state index contributed by atoms with van der Waals surface area (Å²) in [4.78, 5) is 0. The molecule has 1 heterocycles. The fourth-order valence-corrected chi connectivity index (χ4v) is 3.30. The lowest BCUT2D eigenvalue weighted by atomic mass is 9.50. The molecule has 1 saturated carbocycles. The van der Waals surface area contributed by atoms with Gasteiger partial charge >= 0.3 is 0 Å². The van der Waals surface area contributed by atoms with E-state index >= 15 is 0 Å². The van der Waals surface area contributed by atoms with Crippen molar-refractivity contribution in [3.05, 3.63) is 29.8 Å². The van der Waals surface area contributed by atoms with Crippen molar-refractivity contribution in [2.45, 2.75) is 32.1 Å². The SMILES string of the molecule is CC(C)COc1ccc(C2(C#N)CC3(COC3)C2)cc1. The standard InChI is InChI=1S/C17H21NO2/c1-13(2)7-20-15-5-3-14(4-6-15)17(10-18)8-16(9-17)11-19-12-16/h3-6,13H,7-9,11-12H2,1-2H3. The monoisotopic (exact) mass is 271 g/mol. The van der Waals surface area contributed by atoms with Gasteiger partial charge in [-0.25, -0.2) is 0 Å². The molecule has 106 valence electrons. The summed E-state index contributed by atoms with van der Waals surface area (Å²) in [5, 5.41) is 9.57. The summed E-state index contributed by atoms with van der Waals surface area (Å²) in [6.45, 7) is 6.64. The fourth-order valence-electron chi connectivity index (χ4n) is 3.30. The number of rotatable bonds is 4. The molecule has 2 aliphatic rings. The Morgan fingerprint density at radius 1 is 1.25 bits per heavy atom. The van der Waals surface area contributed by atoms with Gasteiger partial charge in [-0.05, 0) is 36.5 Å². The summed E-state index contributed by atoms with van der Waals surface area (Å²) in [5.41, 5.74) is 1.11. The largest absolute Gasteiger partial charge is 0.493 e. The Kier molecular flexibility index (Phi) is 3.22. The first-order valence-corrected chi connectivity index (χ1v) is 7.30. The third-order valence-electron chi connectivity index (χ3n) is 4.37. The van der Waals surface area contributed by atoms with Crippen molar-refractivity contribution in [3.63, 3.8) is 0 Å². The van der Waals surface area contributed by atoms with Crippen LogP contribution in [0, 0.1) is 22.7 Å². The minimum atomic E-state index is -0.305. The van der Waals surface area contributed by atoms with Gasteiger partial charge in [-0.3, -0.25) is 0 Å². The van der Waals surface area contributed by atoms with Crippen LogP contribution in [0.2, 0.25) is 0 Å². The molecule has 0 unspecified atom stereocenters. The highest BCUT2D eigenvalue weighted by molar-refractivity contribution is 5.41. The van der Waals surface area contributed by atoms with Crippen LogP contribution in [0.4, 0.5) is 0 Å². The lowest BCUT2D eigenvalue weighted by Crippen LogP contribution is -2.59. The Morgan fingerprint density at radius 3 is 2.35 bits per heavy atom. The summed E-state index contributed by atoms with van der Waals surface area (Å²) < 4.78 is 11.0. The molecule has 20 heavy (non-hydrogen) atoms. The minimum absolute atomic E-state index is 0.294. The van der Waals surface area contributed by atoms with Crippen LogP contribution in [-0.2, 0) is 10.2 Å². The van der Waals surface area contributed by atoms with Gasteiger partial charge in [-0.1, -0.05) is 26.0 Å². The van der Waals surface area contributed by atoms with Crippen LogP contribution in [-0.4, -0.2) is 19.8 Å². The molecule has 0 amide bonds. The zero-order chi connectivity index (χ0) is 14.2. The number of hydrogen-bond acceptors (Lipinski definition) is 3. The molecule has 1 aliphatic heterocycles. The fraction of sp³-hybridized carbons (Fsp3) is 0.588. The van der Waals surface area contributed by atoms with Crippen molar-refractivity contribution in [2.24, 2.45) is 11.3 Å². The number of nitrogens with zero attached hydrogens (tertiary/aromatic N) is 1. The molecule has 0 radical (unpaired) electrons. The van der Waals surface area contributed by atoms with Gasteiger partial charge in [0.05, 0.1) is 31.3 Å². The molecule has 1 spiro atoms. The van der Waals surface area contributed by atoms with Crippen LogP contribution >= 0.6 is 0 Å². The highest BCUT2D eigenvalue weighted by Gasteiger charge is 2.59. The van der Waals surface area contributed by atoms with Crippen LogP contribution in [0.1, 0.15) is 32.3 Å². The maximum absolute atomic E-state index is 9.57. The van der Waals surface area contributed by atoms with Gasteiger partial charge < -0.3 is 9.47 Å². The summed E-state index contributed by atoms with van der Waals surface area (Å²) in [6, 6.07) is 10.6. The quantitative estimate of drug-likeness (QED) is 0.844. The molecule has 2 fully saturated rings. The highest BCUT2D eigenvalue weighted by atomic mass is 16.5. The molecule has 1 aromatic carbocycles. The minimum Gasteiger partial charge on any atom is -0.493 e. The smallest absolute Gasteiger partial charge is 0.119 e. The van der Waals surface area contributed by atoms with Crippen LogP contribution in [0.5, 0.6) is 5.75 Å². The van der Waals surface area contributed by atoms with Gasteiger partial charge in [-0.2, -0.15) is 5.26 Å². The van der Waals surface area contributed by atoms with Crippen molar-refractivity contribution >= 4 is 0 Å². The van der Waals surface area contributed by atoms with E-state index in [0.717, 1.165) is 44.0 Å². The normalized spacial score (nSPS) is 21.9. The van der Waals surface area contributed by atoms with E-state index < -0.39 is 0 Å². The molecular formula is C17H21NO2. The van der Waals surface area contributed by atoms with Crippen LogP contribution < -0.4 is 4.74 Å². The van der Waals surface area contributed by atoms with Crippen molar-refractivity contribution in [2.75, 3.05) is 19.8 Å². The highest BCUT2D eigenvalue weighted by Crippen LogP contribution is 2.58. The lowest BCUT2D eigenvalue weighted by molar-refractivity contribution is -0.178. The van der Waals surface area contributed by atoms with E-state index in [2.05, 4.69) is 19.9 Å². The second kappa shape index (κ2) is 4.79. The van der Waals surface area contributed by atoms with E-state index in [9.17, 15) is 5.26 Å². The molecule has 0 aromatic heterocycles. The lowest BCUT2D eigenvalue weighted by Gasteiger charge is -2.57. The molecule has 1 saturated heterocycles. The number of nitriles is 1. The molecule has 1 aliphatic carbocycles. The molecule has 3 heteroatoms. The first kappa shape index (κ1) is 13.5. The zero-order valence-electron chi connectivity index (χ0n) is 12.2. The third-order valence-corrected chi connectivity index (χ3v) is 4.37. The van der Waals surface area contributed by atoms with E-state index in [1.54, 1.807) is 0 Å². The van der Waals surface area contributed by atoms with Gasteiger partial charge in [0.25, 0.3) is 0 Å². The molecular weight excluding hydrogens is 250 g/mol. The Balaban J connectivity index is 1.69. The van der Waals surface area contributed by atoms with Gasteiger partial charge in [0.15, 0.2) is 0 Å². The maximum atomic E-state index is 9.57. The maximum Gasteiger partial charge on any atom is 0.119 e. The molecule has 0 bridgehead atoms. The van der Waals surface area contributed by atoms with Crippen molar-refractivity contribution < 1.29 is 9.47 Å². The predicted molar refractivity (Wildman–Crippen MR) is 76.6 cm³/mol. The second-order valence-corrected chi connectivity index (χ2v) is 6.77. The first-order valence-electron chi connectivity index (χ1n) is 7.30. The molecule has 1 aromatic rings. The number of ether oxygens (including phenoxy) is 2. The van der Waals surface area contributed by atoms with Gasteiger partial charge in [0.2, 0.25) is 0 Å². The van der Waals surface area contributed by atoms with E-state index in [-0.39, 0.29) is 5.41 Å². The number of hydrogen-bond donors (Lipinski definition) is 0. The zero-order valence-corrected chi connectivity index (χ0v) is 12.2. The Labute approximate surface area is 120 Å². The van der Waals surface area contributed by atoms with Crippen molar-refractivity contribution in [1.82, 2.24) is 0 Å². The van der Waals surface area contributed by atoms with E-state index in [1.807, 2.05) is 24.3 Å². The predicted octanol–water partition coefficient (Wildman–Crippen LogP) is 3.29. The Bertz CT molecular complexity index is 515. The summed E-state index contributed by atoms with van der Waals surface area (Å²) in [5.74, 6) is 1.40. The van der Waals surface area contributed by atoms with E-state index in [4.69, 9.17) is 9.47 Å². The van der Waals surface area contributed by atoms with Gasteiger partial charge in [0, 0.05) is 5.41 Å². The van der Waals surface area contributed by atoms with E-state index in [1.165, 1.54) is 0 Å². The Morgan fingerprint density at radius 2 is 1.90 bits per heavy atom. The van der Waals surface area contributed by atoms with Crippen LogP contribution in [0.3, 0.4) is 0 Å². The van der Waals surface area contributed by atoms with Crippen LogP contribution in [0.25, 0.3) is 0 Å². The van der Waals surface area contributed by atoms with E-state index in [0.29, 0.717) is 11.3 Å². The summed E-state index contributed by atoms with van der Waals surface area (Å²) in [6.07, 6.45) is 1.87. The van der Waals surface area contributed by atoms with Crippen LogP contribution in [0.15, 0.2) is 24.3 Å². The first-order chi connectivity index (χ1) is 9.57. The average molecular weight is 271 g/mol. The van der Waals surface area contributed by atoms with Gasteiger partial charge in [0.1, 0.15) is 5.75 Å². The molecule has 0 atom stereocenters. The van der Waals surface area contributed by atoms with Gasteiger partial charge in [-0.15, -0.1) is 0 Å².